The lowest BCUT2D eigenvalue weighted by Gasteiger charge is -2.07. The lowest BCUT2D eigenvalue weighted by Crippen LogP contribution is -2.38. The molecule has 3 N–H and O–H groups in total. The zero-order valence-electron chi connectivity index (χ0n) is 10.6. The number of aromatic amines is 1. The number of rotatable bonds is 4. The molecule has 0 radical (unpaired) electrons. The second kappa shape index (κ2) is 5.01. The maximum atomic E-state index is 11.8. The van der Waals surface area contributed by atoms with Crippen LogP contribution in [0, 0.1) is 0 Å². The highest BCUT2D eigenvalue weighted by Crippen LogP contribution is 2.21. The fraction of sp³-hybridized carbons (Fsp3) is 0.231. The molecule has 0 aliphatic rings. The van der Waals surface area contributed by atoms with Crippen LogP contribution >= 0.6 is 0 Å². The molecule has 0 unspecified atom stereocenters. The minimum atomic E-state index is -1.08. The van der Waals surface area contributed by atoms with Gasteiger partial charge in [-0.1, -0.05) is 0 Å². The number of ether oxygens (including phenoxy) is 1. The highest BCUT2D eigenvalue weighted by molar-refractivity contribution is 5.99. The van der Waals surface area contributed by atoms with Gasteiger partial charge in [0.2, 0.25) is 0 Å². The van der Waals surface area contributed by atoms with Gasteiger partial charge >= 0.3 is 5.97 Å². The van der Waals surface area contributed by atoms with E-state index in [1.807, 2.05) is 0 Å². The molecule has 6 heteroatoms. The number of carbonyl (C=O) groups is 2. The first-order chi connectivity index (χ1) is 9.01. The largest absolute Gasteiger partial charge is 0.497 e. The molecular weight excluding hydrogens is 248 g/mol. The van der Waals surface area contributed by atoms with Crippen LogP contribution in [-0.2, 0) is 4.79 Å². The summed E-state index contributed by atoms with van der Waals surface area (Å²) >= 11 is 0. The van der Waals surface area contributed by atoms with Crippen molar-refractivity contribution in [2.24, 2.45) is 0 Å². The summed E-state index contributed by atoms with van der Waals surface area (Å²) in [5.74, 6) is -0.839. The second-order valence-electron chi connectivity index (χ2n) is 4.17. The van der Waals surface area contributed by atoms with Crippen LogP contribution in [0.25, 0.3) is 10.9 Å². The van der Waals surface area contributed by atoms with E-state index < -0.39 is 17.9 Å². The smallest absolute Gasteiger partial charge is 0.325 e. The predicted molar refractivity (Wildman–Crippen MR) is 69.4 cm³/mol. The van der Waals surface area contributed by atoms with Gasteiger partial charge in [0.05, 0.1) is 7.11 Å². The summed E-state index contributed by atoms with van der Waals surface area (Å²) in [4.78, 5) is 25.5. The Morgan fingerprint density at radius 1 is 1.37 bits per heavy atom. The van der Waals surface area contributed by atoms with Gasteiger partial charge in [-0.3, -0.25) is 9.59 Å². The van der Waals surface area contributed by atoms with E-state index in [1.165, 1.54) is 6.92 Å². The number of methoxy groups -OCH3 is 1. The Morgan fingerprint density at radius 2 is 2.11 bits per heavy atom. The monoisotopic (exact) mass is 262 g/mol. The number of nitrogens with one attached hydrogen (secondary N) is 2. The molecule has 1 aromatic heterocycles. The fourth-order valence-electron chi connectivity index (χ4n) is 1.70. The van der Waals surface area contributed by atoms with Gasteiger partial charge in [0.25, 0.3) is 5.91 Å². The Kier molecular flexibility index (Phi) is 3.41. The van der Waals surface area contributed by atoms with Gasteiger partial charge in [-0.05, 0) is 31.2 Å². The van der Waals surface area contributed by atoms with Gasteiger partial charge in [-0.15, -0.1) is 0 Å². The first kappa shape index (κ1) is 12.9. The van der Waals surface area contributed by atoms with Crippen molar-refractivity contribution in [3.05, 3.63) is 30.0 Å². The molecule has 19 heavy (non-hydrogen) atoms. The normalized spacial score (nSPS) is 12.1. The number of carboxylic acids is 1. The molecular formula is C13H14N2O4. The summed E-state index contributed by atoms with van der Waals surface area (Å²) in [6.45, 7) is 1.41. The SMILES string of the molecule is COc1ccc2[nH]c(C(=O)N[C@@H](C)C(=O)O)cc2c1. The zero-order valence-corrected chi connectivity index (χ0v) is 10.6. The molecule has 0 saturated heterocycles. The van der Waals surface area contributed by atoms with Gasteiger partial charge in [0.1, 0.15) is 17.5 Å². The van der Waals surface area contributed by atoms with Crippen LogP contribution < -0.4 is 10.1 Å². The number of fused-ring (bicyclic) bond motifs is 1. The topological polar surface area (TPSA) is 91.4 Å². The van der Waals surface area contributed by atoms with Gasteiger partial charge in [0, 0.05) is 10.9 Å². The standard InChI is InChI=1S/C13H14N2O4/c1-7(13(17)18)14-12(16)11-6-8-5-9(19-2)3-4-10(8)15-11/h3-7,15H,1-2H3,(H,14,16)(H,17,18)/t7-/m0/s1. The third-order valence-electron chi connectivity index (χ3n) is 2.79. The van der Waals surface area contributed by atoms with Crippen molar-refractivity contribution in [3.8, 4) is 5.75 Å². The Balaban J connectivity index is 2.25. The highest BCUT2D eigenvalue weighted by Gasteiger charge is 2.16. The molecule has 2 rings (SSSR count). The van der Waals surface area contributed by atoms with Crippen LogP contribution in [0.4, 0.5) is 0 Å². The van der Waals surface area contributed by atoms with E-state index in [4.69, 9.17) is 9.84 Å². The molecule has 0 spiro atoms. The molecule has 100 valence electrons. The van der Waals surface area contributed by atoms with Crippen LogP contribution in [-0.4, -0.2) is 35.1 Å². The minimum absolute atomic E-state index is 0.316. The highest BCUT2D eigenvalue weighted by atomic mass is 16.5. The summed E-state index contributed by atoms with van der Waals surface area (Å²) in [5.41, 5.74) is 1.10. The van der Waals surface area contributed by atoms with Gasteiger partial charge in [0.15, 0.2) is 0 Å². The van der Waals surface area contributed by atoms with Crippen molar-refractivity contribution in [2.45, 2.75) is 13.0 Å². The Labute approximate surface area is 109 Å². The molecule has 0 bridgehead atoms. The molecule has 0 fully saturated rings. The van der Waals surface area contributed by atoms with Crippen LogP contribution in [0.2, 0.25) is 0 Å². The third kappa shape index (κ3) is 2.67. The van der Waals surface area contributed by atoms with E-state index in [0.29, 0.717) is 11.4 Å². The molecule has 0 aliphatic heterocycles. The van der Waals surface area contributed by atoms with Crippen molar-refractivity contribution in [1.82, 2.24) is 10.3 Å². The maximum absolute atomic E-state index is 11.8. The van der Waals surface area contributed by atoms with Crippen molar-refractivity contribution in [1.29, 1.82) is 0 Å². The predicted octanol–water partition coefficient (Wildman–Crippen LogP) is 1.38. The van der Waals surface area contributed by atoms with E-state index >= 15 is 0 Å². The third-order valence-corrected chi connectivity index (χ3v) is 2.79. The molecule has 1 atom stereocenters. The average molecular weight is 262 g/mol. The van der Waals surface area contributed by atoms with E-state index in [9.17, 15) is 9.59 Å². The number of H-pyrrole nitrogens is 1. The van der Waals surface area contributed by atoms with Crippen LogP contribution in [0.1, 0.15) is 17.4 Å². The first-order valence-electron chi connectivity index (χ1n) is 5.71. The Bertz CT molecular complexity index is 633. The molecule has 2 aromatic rings. The minimum Gasteiger partial charge on any atom is -0.497 e. The summed E-state index contributed by atoms with van der Waals surface area (Å²) in [6.07, 6.45) is 0. The number of aliphatic carboxylic acids is 1. The van der Waals surface area contributed by atoms with Crippen LogP contribution in [0.15, 0.2) is 24.3 Å². The number of benzene rings is 1. The van der Waals surface area contributed by atoms with Gasteiger partial charge < -0.3 is 20.1 Å². The van der Waals surface area contributed by atoms with Crippen LogP contribution in [0.3, 0.4) is 0 Å². The lowest BCUT2D eigenvalue weighted by atomic mass is 10.2. The molecule has 0 aliphatic carbocycles. The summed E-state index contributed by atoms with van der Waals surface area (Å²) in [6, 6.07) is 6.09. The zero-order chi connectivity index (χ0) is 14.0. The maximum Gasteiger partial charge on any atom is 0.325 e. The molecule has 1 heterocycles. The van der Waals surface area contributed by atoms with E-state index in [1.54, 1.807) is 31.4 Å². The number of hydrogen-bond acceptors (Lipinski definition) is 3. The Hall–Kier alpha value is -2.50. The number of amides is 1. The van der Waals surface area contributed by atoms with Crippen molar-refractivity contribution in [3.63, 3.8) is 0 Å². The average Bonchev–Trinajstić information content (AvgIpc) is 2.81. The van der Waals surface area contributed by atoms with E-state index in [2.05, 4.69) is 10.3 Å². The van der Waals surface area contributed by atoms with E-state index in [-0.39, 0.29) is 0 Å². The van der Waals surface area contributed by atoms with Crippen molar-refractivity contribution < 1.29 is 19.4 Å². The second-order valence-corrected chi connectivity index (χ2v) is 4.17. The van der Waals surface area contributed by atoms with Gasteiger partial charge in [-0.2, -0.15) is 0 Å². The number of hydrogen-bond donors (Lipinski definition) is 3. The number of carboxylic acid groups (broad SMARTS) is 1. The summed E-state index contributed by atoms with van der Waals surface area (Å²) in [5, 5.41) is 12.0. The first-order valence-corrected chi connectivity index (χ1v) is 5.71. The summed E-state index contributed by atoms with van der Waals surface area (Å²) < 4.78 is 5.10. The van der Waals surface area contributed by atoms with E-state index in [0.717, 1.165) is 10.9 Å². The Morgan fingerprint density at radius 3 is 2.74 bits per heavy atom. The van der Waals surface area contributed by atoms with Crippen molar-refractivity contribution >= 4 is 22.8 Å². The molecule has 1 aromatic carbocycles. The van der Waals surface area contributed by atoms with Crippen molar-refractivity contribution in [2.75, 3.05) is 7.11 Å². The molecule has 0 saturated carbocycles. The van der Waals surface area contributed by atoms with Crippen LogP contribution in [0.5, 0.6) is 5.75 Å². The lowest BCUT2D eigenvalue weighted by molar-refractivity contribution is -0.138. The molecule has 6 nitrogen and oxygen atoms in total. The number of carbonyl (C=O) groups excluding carboxylic acids is 1. The number of aromatic nitrogens is 1. The quantitative estimate of drug-likeness (QED) is 0.776. The molecule has 1 amide bonds. The van der Waals surface area contributed by atoms with Gasteiger partial charge in [-0.25, -0.2) is 0 Å². The summed E-state index contributed by atoms with van der Waals surface area (Å²) in [7, 11) is 1.57. The fourth-order valence-corrected chi connectivity index (χ4v) is 1.70.